The number of amides is 1. The van der Waals surface area contributed by atoms with Crippen LogP contribution < -0.4 is 5.32 Å². The van der Waals surface area contributed by atoms with Crippen molar-refractivity contribution in [2.45, 2.75) is 20.3 Å². The number of carbonyl (C=O) groups excluding carboxylic acids is 1. The van der Waals surface area contributed by atoms with Crippen molar-refractivity contribution in [1.82, 2.24) is 5.32 Å². The average molecular weight is 221 g/mol. The summed E-state index contributed by atoms with van der Waals surface area (Å²) in [4.78, 5) is 11.1. The first-order chi connectivity index (χ1) is 7.63. The minimum absolute atomic E-state index is 0.0951. The molecule has 0 saturated heterocycles. The van der Waals surface area contributed by atoms with Crippen molar-refractivity contribution in [1.29, 1.82) is 0 Å². The average Bonchev–Trinajstić information content (AvgIpc) is 2.22. The van der Waals surface area contributed by atoms with Crippen LogP contribution in [0.2, 0.25) is 0 Å². The van der Waals surface area contributed by atoms with Gasteiger partial charge in [0, 0.05) is 6.54 Å². The van der Waals surface area contributed by atoms with Gasteiger partial charge in [0.15, 0.2) is 0 Å². The molecule has 0 unspecified atom stereocenters. The van der Waals surface area contributed by atoms with Gasteiger partial charge in [-0.2, -0.15) is 0 Å². The number of allylic oxidation sites excluding steroid dienone is 1. The van der Waals surface area contributed by atoms with E-state index in [1.54, 1.807) is 19.1 Å². The zero-order chi connectivity index (χ0) is 12.0. The van der Waals surface area contributed by atoms with Gasteiger partial charge in [-0.3, -0.25) is 4.79 Å². The van der Waals surface area contributed by atoms with Gasteiger partial charge < -0.3 is 5.32 Å². The molecule has 2 nitrogen and oxygen atoms in total. The summed E-state index contributed by atoms with van der Waals surface area (Å²) in [6.07, 6.45) is 3.89. The maximum atomic E-state index is 12.8. The summed E-state index contributed by atoms with van der Waals surface area (Å²) in [5, 5.41) is 2.75. The van der Waals surface area contributed by atoms with E-state index in [2.05, 4.69) is 5.32 Å². The van der Waals surface area contributed by atoms with Crippen LogP contribution in [0.25, 0.3) is 0 Å². The van der Waals surface area contributed by atoms with E-state index in [0.717, 1.165) is 17.5 Å². The molecule has 0 saturated carbocycles. The molecule has 0 heterocycles. The van der Waals surface area contributed by atoms with Crippen LogP contribution in [0.15, 0.2) is 30.4 Å². The lowest BCUT2D eigenvalue weighted by atomic mass is 10.1. The second-order valence-corrected chi connectivity index (χ2v) is 3.61. The summed E-state index contributed by atoms with van der Waals surface area (Å²) < 4.78 is 12.8. The van der Waals surface area contributed by atoms with Crippen molar-refractivity contribution in [2.75, 3.05) is 6.54 Å². The van der Waals surface area contributed by atoms with Gasteiger partial charge in [-0.05, 0) is 49.6 Å². The molecular weight excluding hydrogens is 205 g/mol. The van der Waals surface area contributed by atoms with Crippen molar-refractivity contribution in [2.24, 2.45) is 0 Å². The Kier molecular flexibility index (Phi) is 4.70. The Morgan fingerprint density at radius 2 is 2.25 bits per heavy atom. The largest absolute Gasteiger partial charge is 0.352 e. The van der Waals surface area contributed by atoms with E-state index in [4.69, 9.17) is 0 Å². The van der Waals surface area contributed by atoms with Crippen molar-refractivity contribution >= 4 is 5.91 Å². The van der Waals surface area contributed by atoms with Crippen LogP contribution in [0.3, 0.4) is 0 Å². The van der Waals surface area contributed by atoms with Crippen LogP contribution in [-0.4, -0.2) is 12.5 Å². The SMILES string of the molecule is CC=CC(=O)NCCc1ccc(F)cc1C. The fourth-order valence-electron chi connectivity index (χ4n) is 1.47. The van der Waals surface area contributed by atoms with E-state index in [-0.39, 0.29) is 11.7 Å². The molecule has 86 valence electrons. The molecular formula is C13H16FNO. The highest BCUT2D eigenvalue weighted by Crippen LogP contribution is 2.10. The fourth-order valence-corrected chi connectivity index (χ4v) is 1.47. The van der Waals surface area contributed by atoms with Gasteiger partial charge in [-0.25, -0.2) is 4.39 Å². The first-order valence-corrected chi connectivity index (χ1v) is 5.29. The number of aryl methyl sites for hydroxylation is 1. The number of rotatable bonds is 4. The second-order valence-electron chi connectivity index (χ2n) is 3.61. The predicted molar refractivity (Wildman–Crippen MR) is 62.7 cm³/mol. The van der Waals surface area contributed by atoms with E-state index in [1.165, 1.54) is 18.2 Å². The Balaban J connectivity index is 2.46. The Hall–Kier alpha value is -1.64. The van der Waals surface area contributed by atoms with E-state index in [1.807, 2.05) is 6.92 Å². The van der Waals surface area contributed by atoms with Gasteiger partial charge in [-0.15, -0.1) is 0 Å². The summed E-state index contributed by atoms with van der Waals surface area (Å²) in [7, 11) is 0. The first kappa shape index (κ1) is 12.4. The van der Waals surface area contributed by atoms with Crippen LogP contribution in [0.1, 0.15) is 18.1 Å². The number of benzene rings is 1. The zero-order valence-electron chi connectivity index (χ0n) is 9.59. The third-order valence-corrected chi connectivity index (χ3v) is 2.32. The zero-order valence-corrected chi connectivity index (χ0v) is 9.59. The summed E-state index contributed by atoms with van der Waals surface area (Å²) in [5.41, 5.74) is 1.97. The Bertz CT molecular complexity index is 399. The number of hydrogen-bond acceptors (Lipinski definition) is 1. The quantitative estimate of drug-likeness (QED) is 0.777. The molecule has 0 atom stereocenters. The van der Waals surface area contributed by atoms with Gasteiger partial charge in [0.1, 0.15) is 5.82 Å². The lowest BCUT2D eigenvalue weighted by molar-refractivity contribution is -0.116. The standard InChI is InChI=1S/C13H16FNO/c1-3-4-13(16)15-8-7-11-5-6-12(14)9-10(11)2/h3-6,9H,7-8H2,1-2H3,(H,15,16). The maximum Gasteiger partial charge on any atom is 0.243 e. The predicted octanol–water partition coefficient (Wildman–Crippen LogP) is 2.37. The van der Waals surface area contributed by atoms with Gasteiger partial charge in [-0.1, -0.05) is 12.1 Å². The van der Waals surface area contributed by atoms with Crippen molar-refractivity contribution in [3.63, 3.8) is 0 Å². The molecule has 16 heavy (non-hydrogen) atoms. The molecule has 3 heteroatoms. The molecule has 1 amide bonds. The molecule has 1 aromatic rings. The molecule has 0 bridgehead atoms. The minimum atomic E-state index is -0.223. The number of nitrogens with one attached hydrogen (secondary N) is 1. The van der Waals surface area contributed by atoms with Gasteiger partial charge in [0.2, 0.25) is 5.91 Å². The van der Waals surface area contributed by atoms with E-state index in [9.17, 15) is 9.18 Å². The summed E-state index contributed by atoms with van der Waals surface area (Å²) in [5.74, 6) is -0.318. The highest BCUT2D eigenvalue weighted by molar-refractivity contribution is 5.87. The van der Waals surface area contributed by atoms with Crippen LogP contribution in [0.5, 0.6) is 0 Å². The summed E-state index contributed by atoms with van der Waals surface area (Å²) in [6.45, 7) is 4.23. The Morgan fingerprint density at radius 1 is 1.50 bits per heavy atom. The molecule has 0 spiro atoms. The number of hydrogen-bond donors (Lipinski definition) is 1. The fraction of sp³-hybridized carbons (Fsp3) is 0.308. The number of carbonyl (C=O) groups is 1. The summed E-state index contributed by atoms with van der Waals surface area (Å²) in [6, 6.07) is 4.70. The Labute approximate surface area is 95.2 Å². The third-order valence-electron chi connectivity index (χ3n) is 2.32. The van der Waals surface area contributed by atoms with Crippen LogP contribution >= 0.6 is 0 Å². The normalized spacial score (nSPS) is 10.7. The molecule has 1 rings (SSSR count). The van der Waals surface area contributed by atoms with Gasteiger partial charge >= 0.3 is 0 Å². The molecule has 0 aromatic heterocycles. The molecule has 0 aliphatic heterocycles. The van der Waals surface area contributed by atoms with Gasteiger partial charge in [0.25, 0.3) is 0 Å². The molecule has 0 aliphatic rings. The molecule has 1 aromatic carbocycles. The lowest BCUT2D eigenvalue weighted by Gasteiger charge is -2.06. The molecule has 0 fully saturated rings. The molecule has 1 N–H and O–H groups in total. The van der Waals surface area contributed by atoms with Crippen LogP contribution in [0, 0.1) is 12.7 Å². The molecule has 0 aliphatic carbocycles. The summed E-state index contributed by atoms with van der Waals surface area (Å²) >= 11 is 0. The van der Waals surface area contributed by atoms with E-state index >= 15 is 0 Å². The maximum absolute atomic E-state index is 12.8. The lowest BCUT2D eigenvalue weighted by Crippen LogP contribution is -2.23. The van der Waals surface area contributed by atoms with E-state index in [0.29, 0.717) is 6.54 Å². The Morgan fingerprint density at radius 3 is 2.88 bits per heavy atom. The van der Waals surface area contributed by atoms with Crippen molar-refractivity contribution in [3.8, 4) is 0 Å². The van der Waals surface area contributed by atoms with Gasteiger partial charge in [0.05, 0.1) is 0 Å². The first-order valence-electron chi connectivity index (χ1n) is 5.29. The van der Waals surface area contributed by atoms with Crippen LogP contribution in [0.4, 0.5) is 4.39 Å². The van der Waals surface area contributed by atoms with Crippen LogP contribution in [-0.2, 0) is 11.2 Å². The topological polar surface area (TPSA) is 29.1 Å². The smallest absolute Gasteiger partial charge is 0.243 e. The minimum Gasteiger partial charge on any atom is -0.352 e. The molecule has 0 radical (unpaired) electrons. The van der Waals surface area contributed by atoms with Crippen molar-refractivity contribution < 1.29 is 9.18 Å². The monoisotopic (exact) mass is 221 g/mol. The highest BCUT2D eigenvalue weighted by atomic mass is 19.1. The highest BCUT2D eigenvalue weighted by Gasteiger charge is 2.00. The number of halogens is 1. The van der Waals surface area contributed by atoms with Crippen molar-refractivity contribution in [3.05, 3.63) is 47.3 Å². The third kappa shape index (κ3) is 3.85. The second kappa shape index (κ2) is 6.05. The van der Waals surface area contributed by atoms with E-state index < -0.39 is 0 Å².